The van der Waals surface area contributed by atoms with E-state index in [1.165, 1.54) is 12.2 Å². The Kier molecular flexibility index (Phi) is 6.06. The molecule has 0 bridgehead atoms. The first kappa shape index (κ1) is 18.1. The zero-order valence-corrected chi connectivity index (χ0v) is 13.8. The first-order valence-electron chi connectivity index (χ1n) is 7.93. The number of carbonyl (C=O) groups excluding carboxylic acids is 2. The number of rotatable bonds is 0. The van der Waals surface area contributed by atoms with Gasteiger partial charge in [-0.15, -0.1) is 0 Å². The molecule has 5 heteroatoms. The van der Waals surface area contributed by atoms with Gasteiger partial charge in [-0.1, -0.05) is 35.9 Å². The molecule has 0 saturated carbocycles. The van der Waals surface area contributed by atoms with Gasteiger partial charge in [0.25, 0.3) is 0 Å². The van der Waals surface area contributed by atoms with E-state index in [0.29, 0.717) is 17.5 Å². The van der Waals surface area contributed by atoms with E-state index < -0.39 is 30.1 Å². The second kappa shape index (κ2) is 8.04. The normalized spacial score (nSPS) is 28.4. The monoisotopic (exact) mass is 330 g/mol. The molecule has 1 aromatic rings. The van der Waals surface area contributed by atoms with Crippen molar-refractivity contribution in [1.29, 1.82) is 0 Å². The Bertz CT molecular complexity index is 674. The van der Waals surface area contributed by atoms with Crippen molar-refractivity contribution in [1.82, 2.24) is 0 Å². The first-order chi connectivity index (χ1) is 11.4. The van der Waals surface area contributed by atoms with Gasteiger partial charge < -0.3 is 14.9 Å². The molecule has 0 amide bonds. The molecule has 5 nitrogen and oxygen atoms in total. The summed E-state index contributed by atoms with van der Waals surface area (Å²) in [6, 6.07) is 5.39. The highest BCUT2D eigenvalue weighted by atomic mass is 16.5. The zero-order chi connectivity index (χ0) is 17.7. The van der Waals surface area contributed by atoms with Crippen LogP contribution in [-0.4, -0.2) is 40.3 Å². The molecule has 128 valence electrons. The molecular weight excluding hydrogens is 308 g/mol. The van der Waals surface area contributed by atoms with Crippen molar-refractivity contribution in [3.05, 3.63) is 53.1 Å². The zero-order valence-electron chi connectivity index (χ0n) is 13.8. The molecule has 1 aliphatic rings. The summed E-state index contributed by atoms with van der Waals surface area (Å²) in [5, 5.41) is 19.8. The molecule has 1 aliphatic heterocycles. The number of aliphatic hydroxyl groups is 2. The fourth-order valence-electron chi connectivity index (χ4n) is 2.43. The van der Waals surface area contributed by atoms with E-state index in [1.54, 1.807) is 25.1 Å². The third kappa shape index (κ3) is 4.63. The number of aryl methyl sites for hydroxylation is 1. The molecule has 0 aromatic heterocycles. The van der Waals surface area contributed by atoms with Crippen molar-refractivity contribution < 1.29 is 24.5 Å². The summed E-state index contributed by atoms with van der Waals surface area (Å²) >= 11 is 0. The van der Waals surface area contributed by atoms with E-state index in [0.717, 1.165) is 5.56 Å². The van der Waals surface area contributed by atoms with Crippen molar-refractivity contribution in [3.63, 3.8) is 0 Å². The molecule has 24 heavy (non-hydrogen) atoms. The maximum atomic E-state index is 12.3. The lowest BCUT2D eigenvalue weighted by Crippen LogP contribution is -2.32. The van der Waals surface area contributed by atoms with Crippen LogP contribution in [0.3, 0.4) is 0 Å². The Morgan fingerprint density at radius 3 is 2.54 bits per heavy atom. The third-order valence-corrected chi connectivity index (χ3v) is 3.82. The van der Waals surface area contributed by atoms with Gasteiger partial charge in [0.15, 0.2) is 5.78 Å². The highest BCUT2D eigenvalue weighted by Crippen LogP contribution is 2.18. The Labute approximate surface area is 141 Å². The molecule has 0 saturated heterocycles. The quantitative estimate of drug-likeness (QED) is 0.713. The van der Waals surface area contributed by atoms with E-state index >= 15 is 0 Å². The summed E-state index contributed by atoms with van der Waals surface area (Å²) in [6.45, 7) is 3.64. The molecule has 0 radical (unpaired) electrons. The SMILES string of the molecule is Cc1ccc2c(c1)/C=C/C[C@H](O)[C@H](O)C(=O)/C=C\C[C@H](C)OC2=O. The van der Waals surface area contributed by atoms with E-state index in [4.69, 9.17) is 4.74 Å². The van der Waals surface area contributed by atoms with Crippen LogP contribution in [0.25, 0.3) is 6.08 Å². The lowest BCUT2D eigenvalue weighted by molar-refractivity contribution is -0.127. The Balaban J connectivity index is 2.36. The Hall–Kier alpha value is -2.24. The van der Waals surface area contributed by atoms with E-state index in [9.17, 15) is 19.8 Å². The summed E-state index contributed by atoms with van der Waals surface area (Å²) in [4.78, 5) is 24.1. The number of aliphatic hydroxyl groups excluding tert-OH is 2. The van der Waals surface area contributed by atoms with Crippen LogP contribution in [0.2, 0.25) is 0 Å². The average Bonchev–Trinajstić information content (AvgIpc) is 2.53. The molecule has 2 N–H and O–H groups in total. The Morgan fingerprint density at radius 2 is 1.79 bits per heavy atom. The van der Waals surface area contributed by atoms with Crippen LogP contribution in [0.15, 0.2) is 36.4 Å². The van der Waals surface area contributed by atoms with Gasteiger partial charge in [-0.25, -0.2) is 4.79 Å². The van der Waals surface area contributed by atoms with Crippen LogP contribution in [0.4, 0.5) is 0 Å². The second-order valence-electron chi connectivity index (χ2n) is 6.00. The minimum atomic E-state index is -1.47. The van der Waals surface area contributed by atoms with Crippen molar-refractivity contribution in [2.24, 2.45) is 0 Å². The van der Waals surface area contributed by atoms with Gasteiger partial charge in [-0.2, -0.15) is 0 Å². The van der Waals surface area contributed by atoms with Crippen LogP contribution < -0.4 is 0 Å². The lowest BCUT2D eigenvalue weighted by Gasteiger charge is -2.15. The smallest absolute Gasteiger partial charge is 0.339 e. The molecule has 0 fully saturated rings. The lowest BCUT2D eigenvalue weighted by atomic mass is 10.0. The molecule has 3 atom stereocenters. The van der Waals surface area contributed by atoms with Gasteiger partial charge in [-0.3, -0.25) is 4.79 Å². The maximum Gasteiger partial charge on any atom is 0.339 e. The molecular formula is C19H22O5. The van der Waals surface area contributed by atoms with Crippen LogP contribution >= 0.6 is 0 Å². The van der Waals surface area contributed by atoms with Gasteiger partial charge >= 0.3 is 5.97 Å². The molecule has 0 spiro atoms. The van der Waals surface area contributed by atoms with Crippen molar-refractivity contribution in [2.45, 2.75) is 45.0 Å². The van der Waals surface area contributed by atoms with Crippen molar-refractivity contribution >= 4 is 17.8 Å². The predicted octanol–water partition coefficient (Wildman–Crippen LogP) is 2.19. The second-order valence-corrected chi connectivity index (χ2v) is 6.00. The van der Waals surface area contributed by atoms with Gasteiger partial charge in [0, 0.05) is 6.42 Å². The minimum Gasteiger partial charge on any atom is -0.459 e. The van der Waals surface area contributed by atoms with Crippen LogP contribution in [0.1, 0.15) is 41.3 Å². The number of esters is 1. The summed E-state index contributed by atoms with van der Waals surface area (Å²) in [5.74, 6) is -0.998. The van der Waals surface area contributed by atoms with Crippen molar-refractivity contribution in [3.8, 4) is 0 Å². The largest absolute Gasteiger partial charge is 0.459 e. The number of benzene rings is 1. The molecule has 1 heterocycles. The summed E-state index contributed by atoms with van der Waals surface area (Å²) < 4.78 is 5.40. The number of cyclic esters (lactones) is 1. The van der Waals surface area contributed by atoms with E-state index in [1.807, 2.05) is 19.1 Å². The summed E-state index contributed by atoms with van der Waals surface area (Å²) in [6.07, 6.45) is 3.44. The van der Waals surface area contributed by atoms with E-state index in [2.05, 4.69) is 0 Å². The van der Waals surface area contributed by atoms with Gasteiger partial charge in [0.1, 0.15) is 12.2 Å². The molecule has 0 aliphatic carbocycles. The summed E-state index contributed by atoms with van der Waals surface area (Å²) in [7, 11) is 0. The maximum absolute atomic E-state index is 12.3. The highest BCUT2D eigenvalue weighted by molar-refractivity contribution is 5.94. The van der Waals surface area contributed by atoms with Gasteiger partial charge in [-0.05, 0) is 38.0 Å². The molecule has 0 unspecified atom stereocenters. The van der Waals surface area contributed by atoms with Crippen LogP contribution in [0.5, 0.6) is 0 Å². The number of ketones is 1. The molecule has 1 aromatic carbocycles. The number of hydrogen-bond donors (Lipinski definition) is 2. The number of ether oxygens (including phenoxy) is 1. The fourth-order valence-corrected chi connectivity index (χ4v) is 2.43. The minimum absolute atomic E-state index is 0.0968. The Morgan fingerprint density at radius 1 is 1.08 bits per heavy atom. The van der Waals surface area contributed by atoms with Crippen molar-refractivity contribution in [2.75, 3.05) is 0 Å². The molecule has 2 rings (SSSR count). The van der Waals surface area contributed by atoms with Crippen LogP contribution in [0, 0.1) is 6.92 Å². The number of carbonyl (C=O) groups is 2. The van der Waals surface area contributed by atoms with Gasteiger partial charge in [0.05, 0.1) is 11.7 Å². The average molecular weight is 330 g/mol. The highest BCUT2D eigenvalue weighted by Gasteiger charge is 2.22. The summed E-state index contributed by atoms with van der Waals surface area (Å²) in [5.41, 5.74) is 2.10. The standard InChI is InChI=1S/C19H22O5/c1-12-9-10-15-14(11-12)6-4-8-17(21)18(22)16(20)7-3-5-13(2)24-19(15)23/h3-4,6-7,9-11,13,17-18,21-22H,5,8H2,1-2H3/b6-4+,7-3-/t13-,17-,18+/m0/s1. The number of fused-ring (bicyclic) bond motifs is 1. The predicted molar refractivity (Wildman–Crippen MR) is 90.5 cm³/mol. The van der Waals surface area contributed by atoms with Crippen LogP contribution in [-0.2, 0) is 9.53 Å². The number of hydrogen-bond acceptors (Lipinski definition) is 5. The van der Waals surface area contributed by atoms with E-state index in [-0.39, 0.29) is 6.42 Å². The third-order valence-electron chi connectivity index (χ3n) is 3.82. The fraction of sp³-hybridized carbons (Fsp3) is 0.368. The first-order valence-corrected chi connectivity index (χ1v) is 7.93. The topological polar surface area (TPSA) is 83.8 Å². The van der Waals surface area contributed by atoms with Gasteiger partial charge in [0.2, 0.25) is 0 Å².